The predicted molar refractivity (Wildman–Crippen MR) is 88.9 cm³/mol. The second-order valence-corrected chi connectivity index (χ2v) is 5.92. The van der Waals surface area contributed by atoms with Crippen molar-refractivity contribution < 1.29 is 14.3 Å². The summed E-state index contributed by atoms with van der Waals surface area (Å²) in [5.41, 5.74) is 5.92. The first-order chi connectivity index (χ1) is 10.9. The van der Waals surface area contributed by atoms with Gasteiger partial charge in [-0.25, -0.2) is 4.79 Å². The third kappa shape index (κ3) is 4.41. The fraction of sp³-hybridized carbons (Fsp3) is 0.467. The molecule has 4 N–H and O–H groups in total. The number of amides is 3. The van der Waals surface area contributed by atoms with Gasteiger partial charge in [0.15, 0.2) is 0 Å². The van der Waals surface area contributed by atoms with Gasteiger partial charge in [-0.1, -0.05) is 11.6 Å². The minimum absolute atomic E-state index is 0.0108. The van der Waals surface area contributed by atoms with Crippen LogP contribution in [0, 0.1) is 0 Å². The third-order valence-corrected chi connectivity index (χ3v) is 4.00. The van der Waals surface area contributed by atoms with Crippen LogP contribution < -0.4 is 26.0 Å². The molecule has 1 aromatic rings. The number of urea groups is 1. The Labute approximate surface area is 140 Å². The van der Waals surface area contributed by atoms with Gasteiger partial charge in [0.1, 0.15) is 11.8 Å². The normalized spacial score (nSPS) is 18.4. The van der Waals surface area contributed by atoms with Gasteiger partial charge in [0.2, 0.25) is 5.91 Å². The van der Waals surface area contributed by atoms with Crippen molar-refractivity contribution in [1.82, 2.24) is 10.6 Å². The van der Waals surface area contributed by atoms with Crippen LogP contribution in [0.3, 0.4) is 0 Å². The van der Waals surface area contributed by atoms with Crippen LogP contribution in [0.5, 0.6) is 5.75 Å². The van der Waals surface area contributed by atoms with E-state index in [9.17, 15) is 9.59 Å². The Morgan fingerprint density at radius 1 is 1.48 bits per heavy atom. The molecule has 0 unspecified atom stereocenters. The number of nitrogens with one attached hydrogen (secondary N) is 2. The van der Waals surface area contributed by atoms with Crippen LogP contribution in [0.15, 0.2) is 18.2 Å². The lowest BCUT2D eigenvalue weighted by Gasteiger charge is -2.22. The lowest BCUT2D eigenvalue weighted by molar-refractivity contribution is -0.123. The quantitative estimate of drug-likeness (QED) is 0.747. The minimum Gasteiger partial charge on any atom is -0.495 e. The van der Waals surface area contributed by atoms with E-state index in [4.69, 9.17) is 22.1 Å². The lowest BCUT2D eigenvalue weighted by Crippen LogP contribution is -2.50. The summed E-state index contributed by atoms with van der Waals surface area (Å²) in [4.78, 5) is 24.9. The highest BCUT2D eigenvalue weighted by molar-refractivity contribution is 6.30. The van der Waals surface area contributed by atoms with Crippen LogP contribution in [-0.2, 0) is 4.79 Å². The lowest BCUT2D eigenvalue weighted by atomic mass is 10.2. The van der Waals surface area contributed by atoms with E-state index in [1.807, 2.05) is 12.1 Å². The molecule has 126 valence electrons. The summed E-state index contributed by atoms with van der Waals surface area (Å²) in [6, 6.07) is 4.05. The summed E-state index contributed by atoms with van der Waals surface area (Å²) in [6.45, 7) is 3.01. The zero-order valence-electron chi connectivity index (χ0n) is 13.1. The number of nitrogens with zero attached hydrogens (tertiary/aromatic N) is 1. The first kappa shape index (κ1) is 17.2. The fourth-order valence-corrected chi connectivity index (χ4v) is 2.78. The van der Waals surface area contributed by atoms with E-state index < -0.39 is 12.1 Å². The molecule has 2 atom stereocenters. The van der Waals surface area contributed by atoms with Gasteiger partial charge in [0, 0.05) is 24.2 Å². The Morgan fingerprint density at radius 3 is 2.87 bits per heavy atom. The second-order valence-electron chi connectivity index (χ2n) is 5.49. The Balaban J connectivity index is 1.97. The standard InChI is InChI=1S/C15H21ClN4O3/c1-9(18-15(17)22)14(21)19-11-5-6-20(8-11)12-7-10(16)3-4-13(12)23-2/h3-4,7,9,11H,5-6,8H2,1-2H3,(H,19,21)(H3,17,18,22)/t9-,11+/m0/s1. The summed E-state index contributed by atoms with van der Waals surface area (Å²) in [5.74, 6) is 0.485. The van der Waals surface area contributed by atoms with Crippen molar-refractivity contribution in [1.29, 1.82) is 0 Å². The fourth-order valence-electron chi connectivity index (χ4n) is 2.61. The molecule has 1 heterocycles. The van der Waals surface area contributed by atoms with Gasteiger partial charge in [-0.05, 0) is 31.5 Å². The van der Waals surface area contributed by atoms with E-state index in [2.05, 4.69) is 15.5 Å². The highest BCUT2D eigenvalue weighted by Crippen LogP contribution is 2.33. The van der Waals surface area contributed by atoms with Crippen LogP contribution in [0.1, 0.15) is 13.3 Å². The van der Waals surface area contributed by atoms with Gasteiger partial charge in [-0.15, -0.1) is 0 Å². The monoisotopic (exact) mass is 340 g/mol. The van der Waals surface area contributed by atoms with E-state index in [1.54, 1.807) is 20.1 Å². The summed E-state index contributed by atoms with van der Waals surface area (Å²) >= 11 is 6.06. The molecule has 1 saturated heterocycles. The van der Waals surface area contributed by atoms with Crippen LogP contribution in [0.2, 0.25) is 5.02 Å². The largest absolute Gasteiger partial charge is 0.495 e. The first-order valence-corrected chi connectivity index (χ1v) is 7.73. The summed E-state index contributed by atoms with van der Waals surface area (Å²) in [6.07, 6.45) is 0.796. The third-order valence-electron chi connectivity index (χ3n) is 3.77. The Hall–Kier alpha value is -2.15. The molecule has 3 amide bonds. The molecule has 0 spiro atoms. The molecular weight excluding hydrogens is 320 g/mol. The molecule has 0 aliphatic carbocycles. The topological polar surface area (TPSA) is 96.7 Å². The minimum atomic E-state index is -0.718. The molecule has 1 aliphatic rings. The average Bonchev–Trinajstić information content (AvgIpc) is 2.94. The molecule has 23 heavy (non-hydrogen) atoms. The number of nitrogens with two attached hydrogens (primary N) is 1. The first-order valence-electron chi connectivity index (χ1n) is 7.35. The number of ether oxygens (including phenoxy) is 1. The van der Waals surface area contributed by atoms with E-state index in [-0.39, 0.29) is 11.9 Å². The number of rotatable bonds is 5. The molecule has 0 bridgehead atoms. The maximum atomic E-state index is 12.0. The van der Waals surface area contributed by atoms with Crippen molar-refractivity contribution >= 4 is 29.2 Å². The Morgan fingerprint density at radius 2 is 2.22 bits per heavy atom. The summed E-state index contributed by atoms with van der Waals surface area (Å²) in [7, 11) is 1.61. The number of methoxy groups -OCH3 is 1. The van der Waals surface area contributed by atoms with Gasteiger partial charge in [0.25, 0.3) is 0 Å². The van der Waals surface area contributed by atoms with Gasteiger partial charge in [-0.2, -0.15) is 0 Å². The molecule has 0 saturated carbocycles. The molecule has 2 rings (SSSR count). The number of hydrogen-bond acceptors (Lipinski definition) is 4. The zero-order chi connectivity index (χ0) is 17.0. The van der Waals surface area contributed by atoms with Gasteiger partial charge < -0.3 is 26.0 Å². The van der Waals surface area contributed by atoms with Crippen LogP contribution in [0.25, 0.3) is 0 Å². The van der Waals surface area contributed by atoms with Crippen LogP contribution >= 0.6 is 11.6 Å². The molecule has 8 heteroatoms. The van der Waals surface area contributed by atoms with Gasteiger partial charge in [0.05, 0.1) is 12.8 Å². The van der Waals surface area contributed by atoms with Crippen molar-refractivity contribution in [3.63, 3.8) is 0 Å². The molecule has 1 fully saturated rings. The van der Waals surface area contributed by atoms with Crippen molar-refractivity contribution in [3.05, 3.63) is 23.2 Å². The van der Waals surface area contributed by atoms with E-state index in [0.717, 1.165) is 24.4 Å². The SMILES string of the molecule is COc1ccc(Cl)cc1N1CC[C@@H](NC(=O)[C@H](C)NC(N)=O)C1. The number of carbonyl (C=O) groups is 2. The Bertz CT molecular complexity index is 596. The number of anilines is 1. The van der Waals surface area contributed by atoms with E-state index in [0.29, 0.717) is 11.6 Å². The van der Waals surface area contributed by atoms with E-state index >= 15 is 0 Å². The number of benzene rings is 1. The van der Waals surface area contributed by atoms with Gasteiger partial charge in [-0.3, -0.25) is 4.79 Å². The molecule has 1 aliphatic heterocycles. The van der Waals surface area contributed by atoms with Gasteiger partial charge >= 0.3 is 6.03 Å². The maximum Gasteiger partial charge on any atom is 0.312 e. The van der Waals surface area contributed by atoms with Crippen molar-refractivity contribution in [2.75, 3.05) is 25.1 Å². The van der Waals surface area contributed by atoms with Crippen molar-refractivity contribution in [2.45, 2.75) is 25.4 Å². The van der Waals surface area contributed by atoms with Crippen LogP contribution in [-0.4, -0.2) is 44.2 Å². The second kappa shape index (κ2) is 7.41. The molecule has 0 aromatic heterocycles. The van der Waals surface area contributed by atoms with Crippen molar-refractivity contribution in [3.8, 4) is 5.75 Å². The zero-order valence-corrected chi connectivity index (χ0v) is 13.9. The number of hydrogen-bond donors (Lipinski definition) is 3. The molecular formula is C15H21ClN4O3. The highest BCUT2D eigenvalue weighted by Gasteiger charge is 2.27. The summed E-state index contributed by atoms with van der Waals surface area (Å²) in [5, 5.41) is 5.90. The Kier molecular flexibility index (Phi) is 5.54. The van der Waals surface area contributed by atoms with Crippen molar-refractivity contribution in [2.24, 2.45) is 5.73 Å². The number of halogens is 1. The van der Waals surface area contributed by atoms with E-state index in [1.165, 1.54) is 0 Å². The number of carbonyl (C=O) groups excluding carboxylic acids is 2. The molecule has 0 radical (unpaired) electrons. The molecule has 7 nitrogen and oxygen atoms in total. The maximum absolute atomic E-state index is 12.0. The summed E-state index contributed by atoms with van der Waals surface area (Å²) < 4.78 is 5.36. The highest BCUT2D eigenvalue weighted by atomic mass is 35.5. The predicted octanol–water partition coefficient (Wildman–Crippen LogP) is 1.10. The molecule has 1 aromatic carbocycles. The smallest absolute Gasteiger partial charge is 0.312 e. The average molecular weight is 341 g/mol. The van der Waals surface area contributed by atoms with Crippen LogP contribution in [0.4, 0.5) is 10.5 Å². The number of primary amides is 1.